The van der Waals surface area contributed by atoms with E-state index in [1.165, 1.54) is 19.3 Å². The summed E-state index contributed by atoms with van der Waals surface area (Å²) < 4.78 is 10.5. The highest BCUT2D eigenvalue weighted by Crippen LogP contribution is 2.35. The zero-order chi connectivity index (χ0) is 15.4. The van der Waals surface area contributed by atoms with Crippen molar-refractivity contribution in [2.45, 2.75) is 45.2 Å². The molecular formula is C16H23ClN2O2. The fraction of sp³-hybridized carbons (Fsp3) is 0.562. The summed E-state index contributed by atoms with van der Waals surface area (Å²) in [4.78, 5) is 0. The molecule has 116 valence electrons. The Balaban J connectivity index is 2.22. The Hall–Kier alpha value is -1.42. The Labute approximate surface area is 131 Å². The minimum atomic E-state index is 0.473. The van der Waals surface area contributed by atoms with Crippen LogP contribution in [0.2, 0.25) is 5.02 Å². The molecule has 1 saturated heterocycles. The van der Waals surface area contributed by atoms with Crippen molar-refractivity contribution in [2.75, 3.05) is 14.2 Å². The molecule has 1 aliphatic heterocycles. The second-order valence-electron chi connectivity index (χ2n) is 5.49. The Morgan fingerprint density at radius 3 is 2.43 bits per heavy atom. The number of piperidine rings is 1. The maximum absolute atomic E-state index is 6.21. The van der Waals surface area contributed by atoms with Gasteiger partial charge < -0.3 is 9.47 Å². The number of benzene rings is 1. The van der Waals surface area contributed by atoms with E-state index in [9.17, 15) is 0 Å². The minimum Gasteiger partial charge on any atom is -0.493 e. The van der Waals surface area contributed by atoms with E-state index in [4.69, 9.17) is 21.1 Å². The van der Waals surface area contributed by atoms with Crippen LogP contribution in [0.4, 0.5) is 0 Å². The van der Waals surface area contributed by atoms with Gasteiger partial charge in [-0.25, -0.2) is 0 Å². The Kier molecular flexibility index (Phi) is 5.34. The van der Waals surface area contributed by atoms with Crippen molar-refractivity contribution in [3.05, 3.63) is 22.7 Å². The molecule has 1 fully saturated rings. The molecule has 0 radical (unpaired) electrons. The van der Waals surface area contributed by atoms with Crippen LogP contribution in [0.15, 0.2) is 17.2 Å². The van der Waals surface area contributed by atoms with E-state index in [1.807, 2.05) is 18.3 Å². The first-order chi connectivity index (χ1) is 10.1. The fourth-order valence-corrected chi connectivity index (χ4v) is 3.08. The molecule has 2 rings (SSSR count). The number of methoxy groups -OCH3 is 2. The zero-order valence-electron chi connectivity index (χ0n) is 13.1. The number of hydrogen-bond acceptors (Lipinski definition) is 4. The van der Waals surface area contributed by atoms with Crippen LogP contribution in [0.3, 0.4) is 0 Å². The van der Waals surface area contributed by atoms with Crippen LogP contribution in [0.5, 0.6) is 11.5 Å². The van der Waals surface area contributed by atoms with E-state index in [2.05, 4.69) is 24.0 Å². The average Bonchev–Trinajstić information content (AvgIpc) is 2.46. The molecule has 0 aromatic heterocycles. The van der Waals surface area contributed by atoms with Crippen LogP contribution in [0.25, 0.3) is 0 Å². The lowest BCUT2D eigenvalue weighted by molar-refractivity contribution is 0.109. The van der Waals surface area contributed by atoms with Crippen molar-refractivity contribution < 1.29 is 9.47 Å². The predicted octanol–water partition coefficient (Wildman–Crippen LogP) is 3.95. The predicted molar refractivity (Wildman–Crippen MR) is 86.8 cm³/mol. The standard InChI is InChI=1S/C16H23ClN2O2/c1-11-6-5-7-12(2)19(11)18-10-13-8-14(17)16(21-4)15(9-13)20-3/h8-12H,5-7H2,1-4H3/b18-10-/t11-,12+. The van der Waals surface area contributed by atoms with Crippen LogP contribution < -0.4 is 9.47 Å². The van der Waals surface area contributed by atoms with Gasteiger partial charge in [-0.2, -0.15) is 5.10 Å². The van der Waals surface area contributed by atoms with E-state index < -0.39 is 0 Å². The number of hydrazone groups is 1. The van der Waals surface area contributed by atoms with Gasteiger partial charge in [0.15, 0.2) is 11.5 Å². The molecule has 1 aliphatic rings. The van der Waals surface area contributed by atoms with Crippen molar-refractivity contribution in [2.24, 2.45) is 5.10 Å². The van der Waals surface area contributed by atoms with Crippen molar-refractivity contribution in [3.8, 4) is 11.5 Å². The van der Waals surface area contributed by atoms with Gasteiger partial charge in [0.05, 0.1) is 25.5 Å². The van der Waals surface area contributed by atoms with Gasteiger partial charge in [-0.05, 0) is 50.8 Å². The van der Waals surface area contributed by atoms with Crippen LogP contribution in [0.1, 0.15) is 38.7 Å². The lowest BCUT2D eigenvalue weighted by atomic mass is 10.00. The first-order valence-corrected chi connectivity index (χ1v) is 7.68. The second kappa shape index (κ2) is 7.03. The molecule has 4 nitrogen and oxygen atoms in total. The van der Waals surface area contributed by atoms with Crippen LogP contribution in [-0.4, -0.2) is 37.5 Å². The SMILES string of the molecule is COc1cc(/C=N\N2[C@H](C)CCC[C@@H]2C)cc(Cl)c1OC. The molecule has 0 N–H and O–H groups in total. The van der Waals surface area contributed by atoms with Crippen molar-refractivity contribution in [1.82, 2.24) is 5.01 Å². The maximum atomic E-state index is 6.21. The smallest absolute Gasteiger partial charge is 0.179 e. The van der Waals surface area contributed by atoms with Gasteiger partial charge in [0.2, 0.25) is 0 Å². The van der Waals surface area contributed by atoms with E-state index in [-0.39, 0.29) is 0 Å². The normalized spacial score (nSPS) is 22.6. The molecule has 0 saturated carbocycles. The first kappa shape index (κ1) is 16.0. The molecule has 0 bridgehead atoms. The molecule has 0 amide bonds. The van der Waals surface area contributed by atoms with Gasteiger partial charge in [0.25, 0.3) is 0 Å². The topological polar surface area (TPSA) is 34.1 Å². The Bertz CT molecular complexity index is 509. The Morgan fingerprint density at radius 1 is 1.19 bits per heavy atom. The van der Waals surface area contributed by atoms with Crippen molar-refractivity contribution in [1.29, 1.82) is 0 Å². The van der Waals surface area contributed by atoms with E-state index in [0.29, 0.717) is 28.6 Å². The van der Waals surface area contributed by atoms with Gasteiger partial charge in [0.1, 0.15) is 0 Å². The molecule has 0 unspecified atom stereocenters. The molecule has 5 heteroatoms. The van der Waals surface area contributed by atoms with Gasteiger partial charge >= 0.3 is 0 Å². The quantitative estimate of drug-likeness (QED) is 0.790. The van der Waals surface area contributed by atoms with Gasteiger partial charge in [0, 0.05) is 12.1 Å². The maximum Gasteiger partial charge on any atom is 0.179 e. The highest BCUT2D eigenvalue weighted by molar-refractivity contribution is 6.32. The third-order valence-corrected chi connectivity index (χ3v) is 4.22. The number of ether oxygens (including phenoxy) is 2. The summed E-state index contributed by atoms with van der Waals surface area (Å²) in [5.74, 6) is 1.17. The molecule has 1 heterocycles. The van der Waals surface area contributed by atoms with Crippen LogP contribution in [-0.2, 0) is 0 Å². The molecule has 0 spiro atoms. The third kappa shape index (κ3) is 3.62. The number of halogens is 1. The number of nitrogens with zero attached hydrogens (tertiary/aromatic N) is 2. The number of rotatable bonds is 4. The highest BCUT2D eigenvalue weighted by Gasteiger charge is 2.22. The molecule has 1 aromatic rings. The van der Waals surface area contributed by atoms with Crippen molar-refractivity contribution >= 4 is 17.8 Å². The van der Waals surface area contributed by atoms with Crippen molar-refractivity contribution in [3.63, 3.8) is 0 Å². The summed E-state index contributed by atoms with van der Waals surface area (Å²) in [5, 5.41) is 7.34. The summed E-state index contributed by atoms with van der Waals surface area (Å²) in [7, 11) is 3.18. The van der Waals surface area contributed by atoms with E-state index >= 15 is 0 Å². The van der Waals surface area contributed by atoms with Gasteiger partial charge in [-0.15, -0.1) is 0 Å². The summed E-state index contributed by atoms with van der Waals surface area (Å²) in [6.45, 7) is 4.43. The Morgan fingerprint density at radius 2 is 1.86 bits per heavy atom. The largest absolute Gasteiger partial charge is 0.493 e. The van der Waals surface area contributed by atoms with E-state index in [0.717, 1.165) is 5.56 Å². The molecule has 21 heavy (non-hydrogen) atoms. The first-order valence-electron chi connectivity index (χ1n) is 7.30. The average molecular weight is 311 g/mol. The van der Waals surface area contributed by atoms with Crippen LogP contribution >= 0.6 is 11.6 Å². The summed E-state index contributed by atoms with van der Waals surface area (Å²) in [6.07, 6.45) is 5.49. The molecule has 2 atom stereocenters. The molecule has 0 aliphatic carbocycles. The van der Waals surface area contributed by atoms with E-state index in [1.54, 1.807) is 14.2 Å². The fourth-order valence-electron chi connectivity index (χ4n) is 2.78. The molecule has 1 aromatic carbocycles. The number of hydrogen-bond donors (Lipinski definition) is 0. The zero-order valence-corrected chi connectivity index (χ0v) is 13.9. The second-order valence-corrected chi connectivity index (χ2v) is 5.90. The molecular weight excluding hydrogens is 288 g/mol. The van der Waals surface area contributed by atoms with Gasteiger partial charge in [-0.1, -0.05) is 11.6 Å². The monoisotopic (exact) mass is 310 g/mol. The lowest BCUT2D eigenvalue weighted by Crippen LogP contribution is -2.39. The van der Waals surface area contributed by atoms with Gasteiger partial charge in [-0.3, -0.25) is 5.01 Å². The summed E-state index contributed by atoms with van der Waals surface area (Å²) in [5.41, 5.74) is 0.905. The lowest BCUT2D eigenvalue weighted by Gasteiger charge is -2.36. The van der Waals surface area contributed by atoms with Crippen LogP contribution in [0, 0.1) is 0 Å². The highest BCUT2D eigenvalue weighted by atomic mass is 35.5. The third-order valence-electron chi connectivity index (χ3n) is 3.94. The minimum absolute atomic E-state index is 0.473. The summed E-state index contributed by atoms with van der Waals surface area (Å²) >= 11 is 6.21. The summed E-state index contributed by atoms with van der Waals surface area (Å²) in [6, 6.07) is 4.67.